The number of aromatic nitrogens is 1. The second kappa shape index (κ2) is 6.44. The van der Waals surface area contributed by atoms with Crippen molar-refractivity contribution in [1.82, 2.24) is 9.47 Å². The van der Waals surface area contributed by atoms with Gasteiger partial charge in [0.15, 0.2) is 0 Å². The van der Waals surface area contributed by atoms with Gasteiger partial charge in [0, 0.05) is 24.8 Å². The summed E-state index contributed by atoms with van der Waals surface area (Å²) in [4.78, 5) is 28.6. The zero-order valence-electron chi connectivity index (χ0n) is 16.4. The lowest BCUT2D eigenvalue weighted by atomic mass is 9.83. The third-order valence-corrected chi connectivity index (χ3v) is 7.38. The normalized spacial score (nSPS) is 27.0. The van der Waals surface area contributed by atoms with Crippen LogP contribution in [0.4, 0.5) is 10.1 Å². The van der Waals surface area contributed by atoms with Crippen molar-refractivity contribution in [2.45, 2.75) is 50.9 Å². The number of pyridine rings is 1. The highest BCUT2D eigenvalue weighted by Crippen LogP contribution is 2.45. The molecule has 6 rings (SSSR count). The van der Waals surface area contributed by atoms with Gasteiger partial charge in [0.2, 0.25) is 5.43 Å². The molecule has 6 nitrogen and oxygen atoms in total. The Balaban J connectivity index is 1.75. The van der Waals surface area contributed by atoms with Crippen molar-refractivity contribution < 1.29 is 14.3 Å². The van der Waals surface area contributed by atoms with Crippen LogP contribution in [0.25, 0.3) is 10.9 Å². The van der Waals surface area contributed by atoms with Gasteiger partial charge in [0.1, 0.15) is 11.4 Å². The summed E-state index contributed by atoms with van der Waals surface area (Å²) < 4.78 is 17.1. The lowest BCUT2D eigenvalue weighted by molar-refractivity contribution is 0.0337. The minimum atomic E-state index is -1.31. The molecular formula is C21H23ClFN3O3. The average molecular weight is 420 g/mol. The number of aromatic carboxylic acids is 1. The van der Waals surface area contributed by atoms with Crippen LogP contribution in [-0.4, -0.2) is 46.3 Å². The van der Waals surface area contributed by atoms with Gasteiger partial charge in [-0.15, -0.1) is 0 Å². The van der Waals surface area contributed by atoms with E-state index in [2.05, 4.69) is 18.9 Å². The highest BCUT2D eigenvalue weighted by Gasteiger charge is 2.44. The molecule has 0 spiro atoms. The van der Waals surface area contributed by atoms with Crippen molar-refractivity contribution in [1.29, 1.82) is 0 Å². The fraction of sp³-hybridized carbons (Fsp3) is 0.524. The number of rotatable bonds is 3. The van der Waals surface area contributed by atoms with Crippen LogP contribution in [0.5, 0.6) is 0 Å². The number of fused-ring (bicyclic) bond motifs is 4. The zero-order chi connectivity index (χ0) is 20.6. The molecule has 3 saturated heterocycles. The Morgan fingerprint density at radius 1 is 1.28 bits per heavy atom. The Hall–Kier alpha value is -2.12. The minimum absolute atomic E-state index is 0.0342. The number of carboxylic acid groups (broad SMARTS) is 1. The molecule has 4 aliphatic rings. The summed E-state index contributed by atoms with van der Waals surface area (Å²) in [5, 5.41) is 9.66. The van der Waals surface area contributed by atoms with E-state index in [0.717, 1.165) is 32.2 Å². The molecule has 2 aromatic rings. The Morgan fingerprint density at radius 3 is 2.62 bits per heavy atom. The summed E-state index contributed by atoms with van der Waals surface area (Å²) >= 11 is 6.77. The topological polar surface area (TPSA) is 65.8 Å². The molecule has 1 aromatic carbocycles. The molecule has 1 aliphatic carbocycles. The molecule has 29 heavy (non-hydrogen) atoms. The quantitative estimate of drug-likeness (QED) is 0.821. The smallest absolute Gasteiger partial charge is 0.341 e. The average Bonchev–Trinajstić information content (AvgIpc) is 3.51. The summed E-state index contributed by atoms with van der Waals surface area (Å²) in [5.74, 6) is -1.45. The first-order valence-corrected chi connectivity index (χ1v) is 10.5. The second-order valence-electron chi connectivity index (χ2n) is 8.61. The number of anilines is 1. The molecule has 0 amide bonds. The number of carbonyl (C=O) groups is 1. The third-order valence-electron chi connectivity index (χ3n) is 7.02. The third kappa shape index (κ3) is 2.70. The molecule has 3 atom stereocenters. The fourth-order valence-electron chi connectivity index (χ4n) is 5.13. The van der Waals surface area contributed by atoms with Crippen molar-refractivity contribution >= 4 is 34.2 Å². The van der Waals surface area contributed by atoms with E-state index in [1.807, 2.05) is 4.90 Å². The second-order valence-corrected chi connectivity index (χ2v) is 8.99. The van der Waals surface area contributed by atoms with E-state index in [1.165, 1.54) is 12.3 Å². The van der Waals surface area contributed by atoms with E-state index in [-0.39, 0.29) is 28.2 Å². The van der Waals surface area contributed by atoms with Crippen LogP contribution in [-0.2, 0) is 0 Å². The number of benzene rings is 1. The van der Waals surface area contributed by atoms with Crippen molar-refractivity contribution in [3.63, 3.8) is 0 Å². The molecule has 3 aliphatic heterocycles. The molecule has 8 heteroatoms. The van der Waals surface area contributed by atoms with Crippen molar-refractivity contribution in [2.75, 3.05) is 18.5 Å². The van der Waals surface area contributed by atoms with Gasteiger partial charge in [0.25, 0.3) is 0 Å². The maximum atomic E-state index is 15.3. The van der Waals surface area contributed by atoms with E-state index in [1.54, 1.807) is 4.57 Å². The van der Waals surface area contributed by atoms with Gasteiger partial charge < -0.3 is 14.6 Å². The van der Waals surface area contributed by atoms with Crippen LogP contribution < -0.4 is 10.3 Å². The van der Waals surface area contributed by atoms with E-state index in [0.29, 0.717) is 23.2 Å². The standard InChI is InChI=1S/C21H23ClFN3O3/c1-10-11-3-6-16(24(10)2)26(8-11)19-15(23)7-13-18(17(19)22)25(12-4-5-12)9-14(20(13)27)21(28)29/h7,9-12,16H,3-6,8H2,1-2H3,(H,28,29). The molecule has 3 unspecified atom stereocenters. The van der Waals surface area contributed by atoms with Crippen molar-refractivity contribution in [3.05, 3.63) is 38.9 Å². The van der Waals surface area contributed by atoms with E-state index >= 15 is 4.39 Å². The molecular weight excluding hydrogens is 397 g/mol. The van der Waals surface area contributed by atoms with Crippen molar-refractivity contribution in [2.24, 2.45) is 5.92 Å². The highest BCUT2D eigenvalue weighted by atomic mass is 35.5. The van der Waals surface area contributed by atoms with E-state index in [4.69, 9.17) is 11.6 Å². The Morgan fingerprint density at radius 2 is 2.00 bits per heavy atom. The van der Waals surface area contributed by atoms with Gasteiger partial charge in [-0.1, -0.05) is 11.6 Å². The molecule has 2 bridgehead atoms. The Bertz CT molecular complexity index is 1090. The SMILES string of the molecule is CC1C2CCC(N(c3c(F)cc4c(=O)c(C(=O)O)cn(C5CC5)c4c3Cl)C2)N1C. The number of piperidine rings is 2. The van der Waals surface area contributed by atoms with E-state index in [9.17, 15) is 14.7 Å². The predicted octanol–water partition coefficient (Wildman–Crippen LogP) is 3.70. The number of hydrogen-bond donors (Lipinski definition) is 1. The van der Waals surface area contributed by atoms with Crippen LogP contribution in [0.1, 0.15) is 49.0 Å². The number of halogens is 2. The first-order chi connectivity index (χ1) is 13.8. The molecule has 0 radical (unpaired) electrons. The summed E-state index contributed by atoms with van der Waals surface area (Å²) in [6.45, 7) is 2.92. The molecule has 4 fully saturated rings. The maximum Gasteiger partial charge on any atom is 0.341 e. The Labute approximate surface area is 172 Å². The van der Waals surface area contributed by atoms with Crippen molar-refractivity contribution in [3.8, 4) is 0 Å². The van der Waals surface area contributed by atoms with Gasteiger partial charge in [-0.05, 0) is 51.6 Å². The summed E-state index contributed by atoms with van der Waals surface area (Å²) in [6, 6.07) is 1.69. The van der Waals surface area contributed by atoms with Crippen LogP contribution >= 0.6 is 11.6 Å². The lowest BCUT2D eigenvalue weighted by Crippen LogP contribution is -2.64. The predicted molar refractivity (Wildman–Crippen MR) is 109 cm³/mol. The summed E-state index contributed by atoms with van der Waals surface area (Å²) in [5.41, 5.74) is -0.275. The lowest BCUT2D eigenvalue weighted by Gasteiger charge is -2.55. The first kappa shape index (κ1) is 18.9. The minimum Gasteiger partial charge on any atom is -0.477 e. The van der Waals surface area contributed by atoms with Crippen LogP contribution in [0, 0.1) is 11.7 Å². The maximum absolute atomic E-state index is 15.3. The van der Waals surface area contributed by atoms with Crippen LogP contribution in [0.15, 0.2) is 17.1 Å². The Kier molecular flexibility index (Phi) is 4.19. The molecule has 4 heterocycles. The largest absolute Gasteiger partial charge is 0.477 e. The van der Waals surface area contributed by atoms with Gasteiger partial charge in [-0.3, -0.25) is 9.69 Å². The van der Waals surface area contributed by atoms with Crippen LogP contribution in [0.3, 0.4) is 0 Å². The van der Waals surface area contributed by atoms with Gasteiger partial charge in [-0.25, -0.2) is 9.18 Å². The van der Waals surface area contributed by atoms with E-state index < -0.39 is 17.2 Å². The van der Waals surface area contributed by atoms with Gasteiger partial charge in [0.05, 0.1) is 27.8 Å². The summed E-state index contributed by atoms with van der Waals surface area (Å²) in [7, 11) is 2.06. The number of hydrogen-bond acceptors (Lipinski definition) is 4. The first-order valence-electron chi connectivity index (χ1n) is 10.1. The summed E-state index contributed by atoms with van der Waals surface area (Å²) in [6.07, 6.45) is 5.23. The zero-order valence-corrected chi connectivity index (χ0v) is 17.1. The highest BCUT2D eigenvalue weighted by molar-refractivity contribution is 6.38. The number of nitrogens with zero attached hydrogens (tertiary/aromatic N) is 3. The molecule has 1 aromatic heterocycles. The molecule has 1 saturated carbocycles. The number of carboxylic acids is 1. The van der Waals surface area contributed by atoms with Gasteiger partial charge >= 0.3 is 5.97 Å². The molecule has 154 valence electrons. The fourth-order valence-corrected chi connectivity index (χ4v) is 5.53. The molecule has 1 N–H and O–H groups in total. The van der Waals surface area contributed by atoms with Crippen LogP contribution in [0.2, 0.25) is 5.02 Å². The van der Waals surface area contributed by atoms with Gasteiger partial charge in [-0.2, -0.15) is 0 Å². The monoisotopic (exact) mass is 419 g/mol.